The van der Waals surface area contributed by atoms with E-state index in [1.54, 1.807) is 0 Å². The summed E-state index contributed by atoms with van der Waals surface area (Å²) in [7, 11) is 0. The predicted molar refractivity (Wildman–Crippen MR) is 159 cm³/mol. The van der Waals surface area contributed by atoms with E-state index in [4.69, 9.17) is 5.11 Å². The van der Waals surface area contributed by atoms with Crippen LogP contribution in [0.15, 0.2) is 0 Å². The average Bonchev–Trinajstić information content (AvgIpc) is 3.24. The van der Waals surface area contributed by atoms with E-state index in [2.05, 4.69) is 48.5 Å². The summed E-state index contributed by atoms with van der Waals surface area (Å²) in [6, 6.07) is 0. The van der Waals surface area contributed by atoms with Crippen molar-refractivity contribution in [3.05, 3.63) is 0 Å². The van der Waals surface area contributed by atoms with Gasteiger partial charge >= 0.3 is 0 Å². The number of aliphatic hydroxyl groups is 5. The van der Waals surface area contributed by atoms with Gasteiger partial charge in [0.1, 0.15) is 18.3 Å². The fourth-order valence-corrected chi connectivity index (χ4v) is 13.3. The van der Waals surface area contributed by atoms with Crippen molar-refractivity contribution in [1.29, 1.82) is 0 Å². The molecule has 5 N–H and O–H groups in total. The first-order valence-electron chi connectivity index (χ1n) is 16.9. The molecular formula is C35H62O5. The van der Waals surface area contributed by atoms with Crippen molar-refractivity contribution in [2.45, 2.75) is 150 Å². The maximum atomic E-state index is 10.8. The molecule has 5 saturated carbocycles. The van der Waals surface area contributed by atoms with E-state index in [9.17, 15) is 20.4 Å². The van der Waals surface area contributed by atoms with E-state index in [1.165, 1.54) is 70.6 Å². The maximum Gasteiger partial charge on any atom is 0.110 e. The van der Waals surface area contributed by atoms with E-state index in [-0.39, 0.29) is 5.92 Å². The van der Waals surface area contributed by atoms with Crippen LogP contribution in [0.3, 0.4) is 0 Å². The summed E-state index contributed by atoms with van der Waals surface area (Å²) in [5, 5.41) is 50.3. The Morgan fingerprint density at radius 3 is 1.82 bits per heavy atom. The van der Waals surface area contributed by atoms with E-state index in [0.29, 0.717) is 45.3 Å². The standard InChI is InChI=1S/C35H62O5/c1-21(19-24(37)29(39)30(40)25(38)20-36)22-11-16-32(4)23(22)12-17-34(6)27(32)9-10-28-33(5)15-8-14-31(2,3)26(33)13-18-35(28,34)7/h21-30,36-40H,8-20H2,1-7H3/t21?,22-,23+,24+,25-,26+,27-,28-,29-,30+,32+,33+,34-,35-/m1/s1. The quantitative estimate of drug-likeness (QED) is 0.264. The zero-order valence-electron chi connectivity index (χ0n) is 26.7. The number of rotatable bonds is 7. The second-order valence-corrected chi connectivity index (χ2v) is 17.3. The molecule has 5 fully saturated rings. The highest BCUT2D eigenvalue weighted by molar-refractivity contribution is 5.19. The van der Waals surface area contributed by atoms with Crippen LogP contribution >= 0.6 is 0 Å². The average molecular weight is 563 g/mol. The maximum absolute atomic E-state index is 10.8. The van der Waals surface area contributed by atoms with Gasteiger partial charge in [-0.15, -0.1) is 0 Å². The minimum Gasteiger partial charge on any atom is -0.394 e. The zero-order chi connectivity index (χ0) is 29.5. The third-order valence-electron chi connectivity index (χ3n) is 15.4. The smallest absolute Gasteiger partial charge is 0.110 e. The molecule has 0 aromatic rings. The first-order chi connectivity index (χ1) is 18.6. The molecule has 5 heteroatoms. The predicted octanol–water partition coefficient (Wildman–Crippen LogP) is 5.94. The van der Waals surface area contributed by atoms with Crippen molar-refractivity contribution in [2.75, 3.05) is 6.61 Å². The molecule has 0 aromatic carbocycles. The van der Waals surface area contributed by atoms with Crippen LogP contribution in [0, 0.1) is 62.6 Å². The molecule has 0 bridgehead atoms. The summed E-state index contributed by atoms with van der Waals surface area (Å²) in [5.41, 5.74) is 2.03. The molecule has 5 rings (SSSR count). The molecule has 0 radical (unpaired) electrons. The third kappa shape index (κ3) is 4.41. The van der Waals surface area contributed by atoms with Gasteiger partial charge in [0, 0.05) is 0 Å². The highest BCUT2D eigenvalue weighted by Crippen LogP contribution is 2.78. The Bertz CT molecular complexity index is 921. The lowest BCUT2D eigenvalue weighted by Crippen LogP contribution is -2.65. The summed E-state index contributed by atoms with van der Waals surface area (Å²) >= 11 is 0. The van der Waals surface area contributed by atoms with Crippen LogP contribution < -0.4 is 0 Å². The molecule has 14 atom stereocenters. The van der Waals surface area contributed by atoms with Crippen LogP contribution in [0.25, 0.3) is 0 Å². The Labute approximate surface area is 244 Å². The molecule has 0 saturated heterocycles. The number of hydrogen-bond acceptors (Lipinski definition) is 5. The number of hydrogen-bond donors (Lipinski definition) is 5. The van der Waals surface area contributed by atoms with E-state index < -0.39 is 31.0 Å². The van der Waals surface area contributed by atoms with Crippen molar-refractivity contribution >= 4 is 0 Å². The van der Waals surface area contributed by atoms with Crippen molar-refractivity contribution in [2.24, 2.45) is 62.6 Å². The van der Waals surface area contributed by atoms with Crippen molar-refractivity contribution in [3.8, 4) is 0 Å². The van der Waals surface area contributed by atoms with Gasteiger partial charge < -0.3 is 25.5 Å². The zero-order valence-corrected chi connectivity index (χ0v) is 26.7. The summed E-state index contributed by atoms with van der Waals surface area (Å²) in [6.45, 7) is 17.4. The molecule has 5 aliphatic rings. The van der Waals surface area contributed by atoms with Gasteiger partial charge in [-0.2, -0.15) is 0 Å². The minimum absolute atomic E-state index is 0.227. The number of aliphatic hydroxyl groups excluding tert-OH is 5. The summed E-state index contributed by atoms with van der Waals surface area (Å²) in [4.78, 5) is 0. The van der Waals surface area contributed by atoms with Gasteiger partial charge in [0.25, 0.3) is 0 Å². The number of fused-ring (bicyclic) bond motifs is 7. The molecular weight excluding hydrogens is 500 g/mol. The first-order valence-corrected chi connectivity index (χ1v) is 16.9. The van der Waals surface area contributed by atoms with Gasteiger partial charge in [0.2, 0.25) is 0 Å². The van der Waals surface area contributed by atoms with Crippen LogP contribution in [-0.2, 0) is 0 Å². The minimum atomic E-state index is -1.54. The lowest BCUT2D eigenvalue weighted by atomic mass is 9.32. The molecule has 232 valence electrons. The Kier molecular flexibility index (Phi) is 8.17. The van der Waals surface area contributed by atoms with E-state index in [0.717, 1.165) is 17.8 Å². The second-order valence-electron chi connectivity index (χ2n) is 17.3. The molecule has 0 amide bonds. The fourth-order valence-electron chi connectivity index (χ4n) is 13.3. The third-order valence-corrected chi connectivity index (χ3v) is 15.4. The van der Waals surface area contributed by atoms with Crippen molar-refractivity contribution < 1.29 is 25.5 Å². The lowest BCUT2D eigenvalue weighted by Gasteiger charge is -2.73. The van der Waals surface area contributed by atoms with Gasteiger partial charge in [-0.05, 0) is 133 Å². The SMILES string of the molecule is CC(C[C@H](O)[C@@H](O)[C@@H](O)[C@H](O)CO)[C@H]1CC[C@]2(C)[C@H]3CC[C@@H]4[C@@]5(C)CCCC(C)(C)[C@@H]5CC[C@@]4(C)[C@]3(C)CC[C@@H]12. The molecule has 5 nitrogen and oxygen atoms in total. The molecule has 0 aliphatic heterocycles. The largest absolute Gasteiger partial charge is 0.394 e. The van der Waals surface area contributed by atoms with E-state index in [1.807, 2.05) is 0 Å². The molecule has 40 heavy (non-hydrogen) atoms. The Hall–Kier alpha value is -0.200. The summed E-state index contributed by atoms with van der Waals surface area (Å²) in [5.74, 6) is 3.80. The fraction of sp³-hybridized carbons (Fsp3) is 1.00. The van der Waals surface area contributed by atoms with Crippen LogP contribution in [0.1, 0.15) is 126 Å². The van der Waals surface area contributed by atoms with Gasteiger partial charge in [0.15, 0.2) is 0 Å². The van der Waals surface area contributed by atoms with Gasteiger partial charge in [-0.3, -0.25) is 0 Å². The monoisotopic (exact) mass is 562 g/mol. The molecule has 1 unspecified atom stereocenters. The molecule has 5 aliphatic carbocycles. The van der Waals surface area contributed by atoms with Gasteiger partial charge in [-0.1, -0.05) is 54.9 Å². The Morgan fingerprint density at radius 1 is 0.625 bits per heavy atom. The van der Waals surface area contributed by atoms with Crippen LogP contribution in [-0.4, -0.2) is 56.6 Å². The normalized spacial score (nSPS) is 50.0. The van der Waals surface area contributed by atoms with Crippen molar-refractivity contribution in [1.82, 2.24) is 0 Å². The second kappa shape index (κ2) is 10.5. The highest BCUT2D eigenvalue weighted by Gasteiger charge is 2.70. The van der Waals surface area contributed by atoms with Crippen LogP contribution in [0.5, 0.6) is 0 Å². The van der Waals surface area contributed by atoms with E-state index >= 15 is 0 Å². The van der Waals surface area contributed by atoms with Crippen LogP contribution in [0.2, 0.25) is 0 Å². The molecule has 0 spiro atoms. The lowest BCUT2D eigenvalue weighted by molar-refractivity contribution is -0.241. The van der Waals surface area contributed by atoms with Gasteiger partial charge in [0.05, 0.1) is 12.7 Å². The highest BCUT2D eigenvalue weighted by atomic mass is 16.4. The topological polar surface area (TPSA) is 101 Å². The van der Waals surface area contributed by atoms with Crippen LogP contribution in [0.4, 0.5) is 0 Å². The summed E-state index contributed by atoms with van der Waals surface area (Å²) < 4.78 is 0. The Balaban J connectivity index is 1.34. The first kappa shape index (κ1) is 31.2. The molecule has 0 heterocycles. The molecule has 0 aromatic heterocycles. The van der Waals surface area contributed by atoms with Crippen molar-refractivity contribution in [3.63, 3.8) is 0 Å². The van der Waals surface area contributed by atoms with Gasteiger partial charge in [-0.25, -0.2) is 0 Å². The Morgan fingerprint density at radius 2 is 1.20 bits per heavy atom. The summed E-state index contributed by atoms with van der Waals surface area (Å²) in [6.07, 6.45) is 9.59.